The molecule has 0 aliphatic carbocycles. The highest BCUT2D eigenvalue weighted by Gasteiger charge is 2.18. The lowest BCUT2D eigenvalue weighted by Gasteiger charge is -2.18. The van der Waals surface area contributed by atoms with Crippen LogP contribution in [0.15, 0.2) is 78.9 Å². The Labute approximate surface area is 213 Å². The molecule has 6 nitrogen and oxygen atoms in total. The maximum atomic E-state index is 13.0. The summed E-state index contributed by atoms with van der Waals surface area (Å²) in [5, 5.41) is 8.20. The second-order valence-electron chi connectivity index (χ2n) is 9.74. The molecular formula is C29H26N4O2S. The van der Waals surface area contributed by atoms with Gasteiger partial charge in [0.1, 0.15) is 5.82 Å². The third kappa shape index (κ3) is 4.70. The van der Waals surface area contributed by atoms with Gasteiger partial charge in [0.2, 0.25) is 5.13 Å². The number of ketones is 1. The average Bonchev–Trinajstić information content (AvgIpc) is 3.46. The van der Waals surface area contributed by atoms with Crippen LogP contribution < -0.4 is 5.32 Å². The number of rotatable bonds is 5. The molecule has 3 aromatic carbocycles. The van der Waals surface area contributed by atoms with Gasteiger partial charge >= 0.3 is 0 Å². The first-order valence-electron chi connectivity index (χ1n) is 11.7. The molecule has 1 N–H and O–H groups in total. The number of amides is 1. The Morgan fingerprint density at radius 2 is 1.53 bits per heavy atom. The summed E-state index contributed by atoms with van der Waals surface area (Å²) in [5.74, 6) is 0.171. The summed E-state index contributed by atoms with van der Waals surface area (Å²) in [4.78, 5) is 30.4. The lowest BCUT2D eigenvalue weighted by Crippen LogP contribution is -2.15. The number of benzene rings is 3. The highest BCUT2D eigenvalue weighted by atomic mass is 32.1. The lowest BCUT2D eigenvalue weighted by atomic mass is 9.87. The zero-order valence-corrected chi connectivity index (χ0v) is 21.4. The van der Waals surface area contributed by atoms with Crippen molar-refractivity contribution in [1.29, 1.82) is 0 Å². The number of fused-ring (bicyclic) bond motifs is 1. The maximum Gasteiger partial charge on any atom is 0.256 e. The summed E-state index contributed by atoms with van der Waals surface area (Å²) in [6.45, 7) is 8.43. The van der Waals surface area contributed by atoms with Gasteiger partial charge in [-0.15, -0.1) is 0 Å². The molecule has 0 aliphatic rings. The zero-order chi connectivity index (χ0) is 25.4. The fourth-order valence-corrected chi connectivity index (χ4v) is 4.89. The van der Waals surface area contributed by atoms with Gasteiger partial charge in [0, 0.05) is 22.8 Å². The Morgan fingerprint density at radius 1 is 0.861 bits per heavy atom. The van der Waals surface area contributed by atoms with Gasteiger partial charge in [0.05, 0.1) is 15.9 Å². The van der Waals surface area contributed by atoms with Crippen molar-refractivity contribution in [3.05, 3.63) is 107 Å². The van der Waals surface area contributed by atoms with Crippen LogP contribution >= 0.6 is 11.3 Å². The lowest BCUT2D eigenvalue weighted by molar-refractivity contribution is 0.101. The fourth-order valence-electron chi connectivity index (χ4n) is 3.92. The van der Waals surface area contributed by atoms with E-state index in [-0.39, 0.29) is 17.1 Å². The molecule has 180 valence electrons. The minimum absolute atomic E-state index is 0.0427. The smallest absolute Gasteiger partial charge is 0.256 e. The van der Waals surface area contributed by atoms with E-state index in [1.807, 2.05) is 37.3 Å². The van der Waals surface area contributed by atoms with Crippen molar-refractivity contribution in [3.8, 4) is 5.13 Å². The molecule has 7 heteroatoms. The molecule has 0 bridgehead atoms. The van der Waals surface area contributed by atoms with E-state index in [2.05, 4.69) is 43.3 Å². The Balaban J connectivity index is 1.39. The van der Waals surface area contributed by atoms with Crippen LogP contribution in [0.1, 0.15) is 58.3 Å². The second-order valence-corrected chi connectivity index (χ2v) is 10.7. The first-order valence-corrected chi connectivity index (χ1v) is 12.5. The number of hydrogen-bond donors (Lipinski definition) is 1. The molecule has 1 amide bonds. The highest BCUT2D eigenvalue weighted by molar-refractivity contribution is 7.20. The SMILES string of the molecule is Cc1cc(NC(=O)c2ccc(C(=O)c3ccccc3)cc2)n(-c2nc3ccc(C(C)(C)C)cc3s2)n1. The summed E-state index contributed by atoms with van der Waals surface area (Å²) in [6, 6.07) is 23.9. The molecule has 5 rings (SSSR count). The second kappa shape index (κ2) is 9.17. The van der Waals surface area contributed by atoms with Gasteiger partial charge in [-0.05, 0) is 42.2 Å². The standard InChI is InChI=1S/C29H26N4O2S/c1-18-16-25(33(32-18)28-30-23-15-14-22(29(2,3)4)17-24(23)36-28)31-27(35)21-12-10-20(11-13-21)26(34)19-8-6-5-7-9-19/h5-17H,1-4H3,(H,31,35). The third-order valence-electron chi connectivity index (χ3n) is 5.94. The molecule has 0 radical (unpaired) electrons. The molecule has 0 saturated heterocycles. The van der Waals surface area contributed by atoms with Gasteiger partial charge < -0.3 is 5.32 Å². The number of aryl methyl sites for hydroxylation is 1. The van der Waals surface area contributed by atoms with E-state index in [0.29, 0.717) is 27.6 Å². The zero-order valence-electron chi connectivity index (χ0n) is 20.6. The van der Waals surface area contributed by atoms with Crippen molar-refractivity contribution in [2.24, 2.45) is 0 Å². The molecule has 36 heavy (non-hydrogen) atoms. The van der Waals surface area contributed by atoms with Gasteiger partial charge in [0.25, 0.3) is 5.91 Å². The van der Waals surface area contributed by atoms with E-state index in [1.54, 1.807) is 41.1 Å². The van der Waals surface area contributed by atoms with E-state index in [4.69, 9.17) is 4.98 Å². The van der Waals surface area contributed by atoms with E-state index in [1.165, 1.54) is 16.9 Å². The van der Waals surface area contributed by atoms with Crippen LogP contribution in [0.4, 0.5) is 5.82 Å². The molecule has 0 spiro atoms. The van der Waals surface area contributed by atoms with Crippen molar-refractivity contribution >= 4 is 39.1 Å². The van der Waals surface area contributed by atoms with Crippen LogP contribution in [-0.4, -0.2) is 26.5 Å². The molecule has 5 aromatic rings. The number of thiazole rings is 1. The Hall–Kier alpha value is -4.10. The molecule has 0 saturated carbocycles. The minimum atomic E-state index is -0.286. The van der Waals surface area contributed by atoms with Crippen molar-refractivity contribution in [3.63, 3.8) is 0 Å². The number of nitrogens with one attached hydrogen (secondary N) is 1. The summed E-state index contributed by atoms with van der Waals surface area (Å²) in [6.07, 6.45) is 0. The highest BCUT2D eigenvalue weighted by Crippen LogP contribution is 2.31. The van der Waals surface area contributed by atoms with Crippen LogP contribution in [0, 0.1) is 6.92 Å². The van der Waals surface area contributed by atoms with Gasteiger partial charge in [0.15, 0.2) is 5.78 Å². The molecule has 2 heterocycles. The van der Waals surface area contributed by atoms with Gasteiger partial charge in [-0.2, -0.15) is 9.78 Å². The molecule has 0 unspecified atom stereocenters. The summed E-state index contributed by atoms with van der Waals surface area (Å²) in [5.41, 5.74) is 4.54. The molecular weight excluding hydrogens is 468 g/mol. The van der Waals surface area contributed by atoms with Crippen molar-refractivity contribution < 1.29 is 9.59 Å². The molecule has 2 aromatic heterocycles. The Morgan fingerprint density at radius 3 is 2.22 bits per heavy atom. The predicted molar refractivity (Wildman–Crippen MR) is 144 cm³/mol. The minimum Gasteiger partial charge on any atom is -0.306 e. The summed E-state index contributed by atoms with van der Waals surface area (Å²) in [7, 11) is 0. The predicted octanol–water partition coefficient (Wildman–Crippen LogP) is 6.57. The molecule has 0 fully saturated rings. The van der Waals surface area contributed by atoms with Crippen LogP contribution in [0.25, 0.3) is 15.3 Å². The number of carbonyl (C=O) groups excluding carboxylic acids is 2. The largest absolute Gasteiger partial charge is 0.306 e. The Bertz CT molecular complexity index is 1580. The van der Waals surface area contributed by atoms with E-state index >= 15 is 0 Å². The van der Waals surface area contributed by atoms with Crippen LogP contribution in [0.3, 0.4) is 0 Å². The molecule has 0 atom stereocenters. The van der Waals surface area contributed by atoms with Crippen LogP contribution in [-0.2, 0) is 5.41 Å². The third-order valence-corrected chi connectivity index (χ3v) is 6.94. The van der Waals surface area contributed by atoms with Crippen LogP contribution in [0.5, 0.6) is 0 Å². The van der Waals surface area contributed by atoms with Gasteiger partial charge in [-0.3, -0.25) is 9.59 Å². The summed E-state index contributed by atoms with van der Waals surface area (Å²) < 4.78 is 2.74. The van der Waals surface area contributed by atoms with Gasteiger partial charge in [-0.1, -0.05) is 80.6 Å². The normalized spacial score (nSPS) is 11.6. The van der Waals surface area contributed by atoms with E-state index in [9.17, 15) is 9.59 Å². The van der Waals surface area contributed by atoms with Crippen molar-refractivity contribution in [1.82, 2.24) is 14.8 Å². The van der Waals surface area contributed by atoms with Crippen molar-refractivity contribution in [2.75, 3.05) is 5.32 Å². The summed E-state index contributed by atoms with van der Waals surface area (Å²) >= 11 is 1.53. The van der Waals surface area contributed by atoms with Crippen molar-refractivity contribution in [2.45, 2.75) is 33.1 Å². The first kappa shape index (κ1) is 23.6. The van der Waals surface area contributed by atoms with Crippen LogP contribution in [0.2, 0.25) is 0 Å². The van der Waals surface area contributed by atoms with E-state index in [0.717, 1.165) is 15.9 Å². The van der Waals surface area contributed by atoms with Gasteiger partial charge in [-0.25, -0.2) is 4.98 Å². The number of anilines is 1. The number of carbonyl (C=O) groups is 2. The quantitative estimate of drug-likeness (QED) is 0.280. The number of nitrogens with zero attached hydrogens (tertiary/aromatic N) is 3. The topological polar surface area (TPSA) is 76.9 Å². The maximum absolute atomic E-state index is 13.0. The number of aromatic nitrogens is 3. The fraction of sp³-hybridized carbons (Fsp3) is 0.172. The Kier molecular flexibility index (Phi) is 6.02. The monoisotopic (exact) mass is 494 g/mol. The molecule has 0 aliphatic heterocycles. The average molecular weight is 495 g/mol. The first-order chi connectivity index (χ1) is 17.2. The number of hydrogen-bond acceptors (Lipinski definition) is 5. The van der Waals surface area contributed by atoms with E-state index < -0.39 is 0 Å².